The summed E-state index contributed by atoms with van der Waals surface area (Å²) in [5.41, 5.74) is -0.358. The molecule has 1 aliphatic rings. The van der Waals surface area contributed by atoms with E-state index in [1.807, 2.05) is 0 Å². The predicted molar refractivity (Wildman–Crippen MR) is 65.8 cm³/mol. The molecule has 1 nitrogen and oxygen atoms in total. The van der Waals surface area contributed by atoms with Gasteiger partial charge in [0.1, 0.15) is 0 Å². The van der Waals surface area contributed by atoms with E-state index < -0.39 is 0 Å². The first-order valence-corrected chi connectivity index (χ1v) is 6.74. The van der Waals surface area contributed by atoms with Crippen LogP contribution in [0.15, 0.2) is 0 Å². The maximum atomic E-state index is 10.7. The van der Waals surface area contributed by atoms with Gasteiger partial charge in [-0.15, -0.1) is 0 Å². The van der Waals surface area contributed by atoms with Crippen LogP contribution in [0, 0.1) is 17.8 Å². The molecule has 0 heterocycles. The van der Waals surface area contributed by atoms with Crippen molar-refractivity contribution in [1.29, 1.82) is 0 Å². The van der Waals surface area contributed by atoms with Crippen molar-refractivity contribution in [3.8, 4) is 0 Å². The maximum absolute atomic E-state index is 10.7. The lowest BCUT2D eigenvalue weighted by Crippen LogP contribution is -2.42. The Hall–Kier alpha value is -0.0400. The quantitative estimate of drug-likeness (QED) is 0.747. The van der Waals surface area contributed by atoms with Crippen LogP contribution in [0.25, 0.3) is 0 Å². The van der Waals surface area contributed by atoms with Crippen molar-refractivity contribution in [3.05, 3.63) is 0 Å². The van der Waals surface area contributed by atoms with E-state index in [2.05, 4.69) is 27.7 Å². The average molecular weight is 212 g/mol. The Morgan fingerprint density at radius 2 is 1.87 bits per heavy atom. The summed E-state index contributed by atoms with van der Waals surface area (Å²) in [4.78, 5) is 0. The van der Waals surface area contributed by atoms with Crippen molar-refractivity contribution in [3.63, 3.8) is 0 Å². The molecule has 0 aliphatic heterocycles. The minimum absolute atomic E-state index is 0.358. The molecule has 90 valence electrons. The highest BCUT2D eigenvalue weighted by molar-refractivity contribution is 4.91. The molecule has 1 aliphatic carbocycles. The number of rotatable bonds is 4. The third-order valence-electron chi connectivity index (χ3n) is 4.54. The molecule has 0 bridgehead atoms. The van der Waals surface area contributed by atoms with E-state index in [1.165, 1.54) is 25.7 Å². The van der Waals surface area contributed by atoms with Crippen molar-refractivity contribution in [2.24, 2.45) is 17.8 Å². The van der Waals surface area contributed by atoms with Crippen LogP contribution in [0.2, 0.25) is 0 Å². The summed E-state index contributed by atoms with van der Waals surface area (Å²) < 4.78 is 0. The molecular weight excluding hydrogens is 184 g/mol. The Labute approximate surface area is 95.3 Å². The van der Waals surface area contributed by atoms with Crippen LogP contribution in [0.5, 0.6) is 0 Å². The largest absolute Gasteiger partial charge is 0.390 e. The van der Waals surface area contributed by atoms with Crippen LogP contribution in [0.1, 0.15) is 66.2 Å². The lowest BCUT2D eigenvalue weighted by Gasteiger charge is -2.42. The highest BCUT2D eigenvalue weighted by Crippen LogP contribution is 2.41. The monoisotopic (exact) mass is 212 g/mol. The third-order valence-corrected chi connectivity index (χ3v) is 4.54. The van der Waals surface area contributed by atoms with Crippen molar-refractivity contribution in [2.75, 3.05) is 0 Å². The highest BCUT2D eigenvalue weighted by atomic mass is 16.3. The van der Waals surface area contributed by atoms with Crippen LogP contribution in [0.4, 0.5) is 0 Å². The standard InChI is InChI=1S/C14H28O/c1-5-13(6-2)10-14(15)8-7-11(3)9-12(14)4/h11-13,15H,5-10H2,1-4H3. The zero-order valence-electron chi connectivity index (χ0n) is 10.9. The maximum Gasteiger partial charge on any atom is 0.0676 e. The predicted octanol–water partition coefficient (Wildman–Crippen LogP) is 4.00. The molecule has 0 spiro atoms. The fourth-order valence-electron chi connectivity index (χ4n) is 3.06. The molecule has 0 aromatic rings. The highest BCUT2D eigenvalue weighted by Gasteiger charge is 2.39. The molecule has 3 atom stereocenters. The van der Waals surface area contributed by atoms with Gasteiger partial charge in [-0.2, -0.15) is 0 Å². The van der Waals surface area contributed by atoms with Gasteiger partial charge in [-0.1, -0.05) is 40.5 Å². The lowest BCUT2D eigenvalue weighted by molar-refractivity contribution is -0.0707. The minimum atomic E-state index is -0.358. The van der Waals surface area contributed by atoms with E-state index in [1.54, 1.807) is 0 Å². The van der Waals surface area contributed by atoms with Gasteiger partial charge in [0.2, 0.25) is 0 Å². The van der Waals surface area contributed by atoms with E-state index in [0.717, 1.165) is 18.8 Å². The molecular formula is C14H28O. The molecule has 3 unspecified atom stereocenters. The molecule has 1 fully saturated rings. The summed E-state index contributed by atoms with van der Waals surface area (Å²) in [6, 6.07) is 0. The molecule has 0 radical (unpaired) electrons. The Morgan fingerprint density at radius 3 is 2.33 bits per heavy atom. The Balaban J connectivity index is 2.57. The molecule has 1 heteroatoms. The van der Waals surface area contributed by atoms with Crippen LogP contribution in [0.3, 0.4) is 0 Å². The summed E-state index contributed by atoms with van der Waals surface area (Å²) in [6.45, 7) is 9.03. The van der Waals surface area contributed by atoms with E-state index in [4.69, 9.17) is 0 Å². The summed E-state index contributed by atoms with van der Waals surface area (Å²) in [5.74, 6) is 2.01. The van der Waals surface area contributed by atoms with Crippen molar-refractivity contribution in [1.82, 2.24) is 0 Å². The second-order valence-electron chi connectivity index (χ2n) is 5.77. The molecule has 0 aromatic carbocycles. The Morgan fingerprint density at radius 1 is 1.27 bits per heavy atom. The smallest absolute Gasteiger partial charge is 0.0676 e. The first kappa shape index (κ1) is 13.0. The van der Waals surface area contributed by atoms with Gasteiger partial charge in [0.25, 0.3) is 0 Å². The van der Waals surface area contributed by atoms with Crippen LogP contribution < -0.4 is 0 Å². The fraction of sp³-hybridized carbons (Fsp3) is 1.00. The van der Waals surface area contributed by atoms with Gasteiger partial charge >= 0.3 is 0 Å². The SMILES string of the molecule is CCC(CC)CC1(O)CCC(C)CC1C. The second-order valence-corrected chi connectivity index (χ2v) is 5.77. The fourth-order valence-corrected chi connectivity index (χ4v) is 3.06. The van der Waals surface area contributed by atoms with Crippen molar-refractivity contribution >= 4 is 0 Å². The summed E-state index contributed by atoms with van der Waals surface area (Å²) >= 11 is 0. The minimum Gasteiger partial charge on any atom is -0.390 e. The summed E-state index contributed by atoms with van der Waals surface area (Å²) in [7, 11) is 0. The summed E-state index contributed by atoms with van der Waals surface area (Å²) in [6.07, 6.45) is 6.87. The van der Waals surface area contributed by atoms with Gasteiger partial charge in [-0.3, -0.25) is 0 Å². The first-order valence-electron chi connectivity index (χ1n) is 6.74. The molecule has 1 rings (SSSR count). The van der Waals surface area contributed by atoms with Gasteiger partial charge in [-0.25, -0.2) is 0 Å². The second kappa shape index (κ2) is 5.34. The van der Waals surface area contributed by atoms with E-state index in [-0.39, 0.29) is 5.60 Å². The lowest BCUT2D eigenvalue weighted by atomic mass is 9.68. The molecule has 1 saturated carbocycles. The summed E-state index contributed by atoms with van der Waals surface area (Å²) in [5, 5.41) is 10.7. The Kier molecular flexibility index (Phi) is 4.64. The van der Waals surface area contributed by atoms with E-state index >= 15 is 0 Å². The zero-order valence-corrected chi connectivity index (χ0v) is 10.9. The van der Waals surface area contributed by atoms with Crippen LogP contribution in [-0.4, -0.2) is 10.7 Å². The van der Waals surface area contributed by atoms with Crippen molar-refractivity contribution < 1.29 is 5.11 Å². The average Bonchev–Trinajstić information content (AvgIpc) is 2.21. The Bertz CT molecular complexity index is 186. The normalized spacial score (nSPS) is 37.2. The molecule has 15 heavy (non-hydrogen) atoms. The number of aliphatic hydroxyl groups is 1. The van der Waals surface area contributed by atoms with Crippen LogP contribution >= 0.6 is 0 Å². The van der Waals surface area contributed by atoms with Gasteiger partial charge in [0, 0.05) is 0 Å². The topological polar surface area (TPSA) is 20.2 Å². The third kappa shape index (κ3) is 3.21. The van der Waals surface area contributed by atoms with Gasteiger partial charge in [-0.05, 0) is 43.4 Å². The van der Waals surface area contributed by atoms with Gasteiger partial charge in [0.15, 0.2) is 0 Å². The number of hydrogen-bond acceptors (Lipinski definition) is 1. The van der Waals surface area contributed by atoms with E-state index in [9.17, 15) is 5.11 Å². The first-order chi connectivity index (χ1) is 7.01. The molecule has 0 saturated heterocycles. The van der Waals surface area contributed by atoms with Gasteiger partial charge in [0.05, 0.1) is 5.60 Å². The molecule has 0 amide bonds. The van der Waals surface area contributed by atoms with Crippen molar-refractivity contribution in [2.45, 2.75) is 71.8 Å². The molecule has 0 aromatic heterocycles. The molecule has 1 N–H and O–H groups in total. The van der Waals surface area contributed by atoms with E-state index in [0.29, 0.717) is 11.8 Å². The zero-order chi connectivity index (χ0) is 11.5. The van der Waals surface area contributed by atoms with Crippen LogP contribution in [-0.2, 0) is 0 Å². The van der Waals surface area contributed by atoms with Gasteiger partial charge < -0.3 is 5.11 Å². The number of hydrogen-bond donors (Lipinski definition) is 1.